The molecule has 2 aliphatic rings. The highest BCUT2D eigenvalue weighted by molar-refractivity contribution is 4.88. The van der Waals surface area contributed by atoms with Gasteiger partial charge in [-0.15, -0.1) is 0 Å². The summed E-state index contributed by atoms with van der Waals surface area (Å²) in [5.41, 5.74) is 0. The minimum absolute atomic E-state index is 0.616. The summed E-state index contributed by atoms with van der Waals surface area (Å²) in [6.07, 6.45) is 4.80. The molecule has 0 aromatic rings. The highest BCUT2D eigenvalue weighted by Crippen LogP contribution is 2.28. The summed E-state index contributed by atoms with van der Waals surface area (Å²) in [7, 11) is 0. The second kappa shape index (κ2) is 3.35. The number of hydrogen-bond acceptors (Lipinski definition) is 2. The molecule has 0 aromatic carbocycles. The third kappa shape index (κ3) is 1.64. The van der Waals surface area contributed by atoms with Gasteiger partial charge < -0.3 is 5.32 Å². The fourth-order valence-corrected chi connectivity index (χ4v) is 2.56. The summed E-state index contributed by atoms with van der Waals surface area (Å²) in [6.45, 7) is 5.83. The molecule has 2 heterocycles. The summed E-state index contributed by atoms with van der Waals surface area (Å²) in [4.78, 5) is 0. The largest absolute Gasteiger partial charge is 0.301 e. The summed E-state index contributed by atoms with van der Waals surface area (Å²) >= 11 is 0. The Bertz CT molecular complexity index is 140. The van der Waals surface area contributed by atoms with E-state index >= 15 is 0 Å². The van der Waals surface area contributed by atoms with Crippen molar-refractivity contribution in [3.05, 3.63) is 0 Å². The Balaban J connectivity index is 1.94. The van der Waals surface area contributed by atoms with Gasteiger partial charge in [-0.1, -0.05) is 6.92 Å². The lowest BCUT2D eigenvalue weighted by Crippen LogP contribution is -2.58. The predicted molar refractivity (Wildman–Crippen MR) is 50.9 cm³/mol. The van der Waals surface area contributed by atoms with Crippen molar-refractivity contribution in [1.29, 1.82) is 0 Å². The van der Waals surface area contributed by atoms with Crippen LogP contribution in [-0.4, -0.2) is 18.8 Å². The highest BCUT2D eigenvalue weighted by Gasteiger charge is 2.31. The van der Waals surface area contributed by atoms with Gasteiger partial charge in [0.25, 0.3) is 0 Å². The molecule has 2 nitrogen and oxygen atoms in total. The van der Waals surface area contributed by atoms with E-state index in [0.717, 1.165) is 11.8 Å². The first-order chi connectivity index (χ1) is 5.75. The van der Waals surface area contributed by atoms with Crippen LogP contribution in [0.1, 0.15) is 33.1 Å². The molecule has 0 aromatic heterocycles. The molecule has 0 radical (unpaired) electrons. The van der Waals surface area contributed by atoms with E-state index in [9.17, 15) is 0 Å². The van der Waals surface area contributed by atoms with Crippen molar-refractivity contribution in [3.8, 4) is 0 Å². The van der Waals surface area contributed by atoms with Crippen molar-refractivity contribution in [2.24, 2.45) is 11.8 Å². The van der Waals surface area contributed by atoms with Crippen molar-refractivity contribution in [1.82, 2.24) is 10.6 Å². The molecule has 12 heavy (non-hydrogen) atoms. The molecular weight excluding hydrogens is 148 g/mol. The molecule has 2 rings (SSSR count). The highest BCUT2D eigenvalue weighted by atomic mass is 15.2. The zero-order chi connectivity index (χ0) is 8.55. The van der Waals surface area contributed by atoms with E-state index in [2.05, 4.69) is 24.5 Å². The van der Waals surface area contributed by atoms with Gasteiger partial charge in [0.2, 0.25) is 0 Å². The molecule has 0 saturated carbocycles. The lowest BCUT2D eigenvalue weighted by molar-refractivity contribution is 0.136. The van der Waals surface area contributed by atoms with Gasteiger partial charge in [-0.25, -0.2) is 0 Å². The van der Waals surface area contributed by atoms with Crippen LogP contribution in [0.2, 0.25) is 0 Å². The molecule has 4 atom stereocenters. The molecule has 2 heteroatoms. The Hall–Kier alpha value is -0.0800. The predicted octanol–water partition coefficient (Wildman–Crippen LogP) is 1.33. The topological polar surface area (TPSA) is 24.1 Å². The minimum atomic E-state index is 0.616. The summed E-state index contributed by atoms with van der Waals surface area (Å²) in [6, 6.07) is 0.715. The standard InChI is InChI=1S/C10H20N2/c1-7-5-9-4-3-8(2)12-10(9)11-6-7/h7-12H,3-6H2,1-2H3. The molecule has 2 N–H and O–H groups in total. The molecule has 0 amide bonds. The van der Waals surface area contributed by atoms with Gasteiger partial charge in [-0.3, -0.25) is 5.32 Å². The molecule has 0 bridgehead atoms. The van der Waals surface area contributed by atoms with Crippen molar-refractivity contribution in [3.63, 3.8) is 0 Å². The molecule has 2 fully saturated rings. The van der Waals surface area contributed by atoms with Gasteiger partial charge in [-0.05, 0) is 44.6 Å². The number of rotatable bonds is 0. The lowest BCUT2D eigenvalue weighted by Gasteiger charge is -2.42. The molecule has 0 aliphatic carbocycles. The Morgan fingerprint density at radius 1 is 1.17 bits per heavy atom. The van der Waals surface area contributed by atoms with Crippen LogP contribution in [0, 0.1) is 11.8 Å². The van der Waals surface area contributed by atoms with Crippen LogP contribution in [0.25, 0.3) is 0 Å². The van der Waals surface area contributed by atoms with Gasteiger partial charge >= 0.3 is 0 Å². The van der Waals surface area contributed by atoms with E-state index in [1.54, 1.807) is 0 Å². The van der Waals surface area contributed by atoms with Crippen LogP contribution in [-0.2, 0) is 0 Å². The van der Waals surface area contributed by atoms with E-state index in [1.807, 2.05) is 0 Å². The van der Waals surface area contributed by atoms with Crippen LogP contribution in [0.5, 0.6) is 0 Å². The minimum Gasteiger partial charge on any atom is -0.301 e. The average molecular weight is 168 g/mol. The summed E-state index contributed by atoms with van der Waals surface area (Å²) in [5.74, 6) is 1.77. The molecule has 0 spiro atoms. The second-order valence-electron chi connectivity index (χ2n) is 4.63. The summed E-state index contributed by atoms with van der Waals surface area (Å²) < 4.78 is 0. The monoisotopic (exact) mass is 168 g/mol. The Labute approximate surface area is 75.1 Å². The molecular formula is C10H20N2. The molecule has 2 aliphatic heterocycles. The number of nitrogens with one attached hydrogen (secondary N) is 2. The zero-order valence-electron chi connectivity index (χ0n) is 8.14. The molecule has 4 unspecified atom stereocenters. The lowest BCUT2D eigenvalue weighted by atomic mass is 9.82. The smallest absolute Gasteiger partial charge is 0.0602 e. The van der Waals surface area contributed by atoms with Crippen LogP contribution < -0.4 is 10.6 Å². The molecule has 2 saturated heterocycles. The first-order valence-electron chi connectivity index (χ1n) is 5.25. The quantitative estimate of drug-likeness (QED) is 0.570. The van der Waals surface area contributed by atoms with E-state index in [0.29, 0.717) is 12.2 Å². The fourth-order valence-electron chi connectivity index (χ4n) is 2.56. The third-order valence-electron chi connectivity index (χ3n) is 3.30. The summed E-state index contributed by atoms with van der Waals surface area (Å²) in [5, 5.41) is 7.22. The van der Waals surface area contributed by atoms with Gasteiger partial charge in [0.1, 0.15) is 0 Å². The van der Waals surface area contributed by atoms with E-state index in [4.69, 9.17) is 0 Å². The Morgan fingerprint density at radius 3 is 2.83 bits per heavy atom. The van der Waals surface area contributed by atoms with Crippen LogP contribution in [0.15, 0.2) is 0 Å². The maximum Gasteiger partial charge on any atom is 0.0602 e. The molecule has 70 valence electrons. The maximum atomic E-state index is 3.63. The normalized spacial score (nSPS) is 48.5. The number of hydrogen-bond donors (Lipinski definition) is 2. The number of fused-ring (bicyclic) bond motifs is 1. The van der Waals surface area contributed by atoms with Crippen LogP contribution in [0.4, 0.5) is 0 Å². The Morgan fingerprint density at radius 2 is 2.00 bits per heavy atom. The van der Waals surface area contributed by atoms with E-state index in [-0.39, 0.29) is 0 Å². The van der Waals surface area contributed by atoms with Crippen molar-refractivity contribution < 1.29 is 0 Å². The maximum absolute atomic E-state index is 3.63. The first kappa shape index (κ1) is 8.52. The first-order valence-corrected chi connectivity index (χ1v) is 5.25. The third-order valence-corrected chi connectivity index (χ3v) is 3.30. The second-order valence-corrected chi connectivity index (χ2v) is 4.63. The average Bonchev–Trinajstić information content (AvgIpc) is 2.05. The van der Waals surface area contributed by atoms with Crippen molar-refractivity contribution in [2.45, 2.75) is 45.3 Å². The fraction of sp³-hybridized carbons (Fsp3) is 1.00. The van der Waals surface area contributed by atoms with Crippen LogP contribution >= 0.6 is 0 Å². The van der Waals surface area contributed by atoms with Crippen LogP contribution in [0.3, 0.4) is 0 Å². The van der Waals surface area contributed by atoms with E-state index < -0.39 is 0 Å². The van der Waals surface area contributed by atoms with Gasteiger partial charge in [0, 0.05) is 6.04 Å². The number of piperidine rings is 2. The van der Waals surface area contributed by atoms with Crippen molar-refractivity contribution in [2.75, 3.05) is 6.54 Å². The van der Waals surface area contributed by atoms with Gasteiger partial charge in [-0.2, -0.15) is 0 Å². The Kier molecular flexibility index (Phi) is 2.37. The van der Waals surface area contributed by atoms with Gasteiger partial charge in [0.05, 0.1) is 6.17 Å². The van der Waals surface area contributed by atoms with Crippen molar-refractivity contribution >= 4 is 0 Å². The van der Waals surface area contributed by atoms with Gasteiger partial charge in [0.15, 0.2) is 0 Å². The van der Waals surface area contributed by atoms with E-state index in [1.165, 1.54) is 25.8 Å². The SMILES string of the molecule is CC1CNC2NC(C)CCC2C1. The zero-order valence-corrected chi connectivity index (χ0v) is 8.14.